The maximum atomic E-state index is 6.08. The smallest absolute Gasteiger partial charge is 0.213 e. The molecule has 2 heterocycles. The highest BCUT2D eigenvalue weighted by atomic mass is 35.5. The second-order valence-electron chi connectivity index (χ2n) is 6.98. The van der Waals surface area contributed by atoms with E-state index in [-0.39, 0.29) is 6.10 Å². The Morgan fingerprint density at radius 2 is 1.86 bits per heavy atom. The molecule has 146 valence electrons. The number of pyridine rings is 1. The number of hydrogen-bond acceptors (Lipinski definition) is 5. The summed E-state index contributed by atoms with van der Waals surface area (Å²) in [5, 5.41) is 9.80. The Kier molecular flexibility index (Phi) is 6.17. The van der Waals surface area contributed by atoms with Gasteiger partial charge >= 0.3 is 0 Å². The predicted octanol–water partition coefficient (Wildman–Crippen LogP) is 5.28. The van der Waals surface area contributed by atoms with Gasteiger partial charge in [-0.2, -0.15) is 11.8 Å². The lowest BCUT2D eigenvalue weighted by atomic mass is 9.86. The van der Waals surface area contributed by atoms with Gasteiger partial charge in [-0.25, -0.2) is 4.98 Å². The maximum Gasteiger partial charge on any atom is 0.213 e. The Hall–Kier alpha value is -2.05. The van der Waals surface area contributed by atoms with E-state index in [2.05, 4.69) is 26.0 Å². The van der Waals surface area contributed by atoms with E-state index < -0.39 is 0 Å². The standard InChI is InChI=1S/C21H23ClN4OS/c1-28-14-19-24-25-21(26(19)17-9-7-16(22)8-10-17)15-5-11-18(12-6-15)27-20-4-2-3-13-23-20/h2-4,7-10,13,15,18H,5-6,11-12,14H2,1H3. The minimum atomic E-state index is 0.212. The highest BCUT2D eigenvalue weighted by Gasteiger charge is 2.28. The first-order valence-corrected chi connectivity index (χ1v) is 11.3. The summed E-state index contributed by atoms with van der Waals surface area (Å²) in [6, 6.07) is 13.7. The summed E-state index contributed by atoms with van der Waals surface area (Å²) >= 11 is 7.83. The van der Waals surface area contributed by atoms with Crippen LogP contribution >= 0.6 is 23.4 Å². The van der Waals surface area contributed by atoms with Gasteiger partial charge in [0.25, 0.3) is 0 Å². The van der Waals surface area contributed by atoms with E-state index >= 15 is 0 Å². The highest BCUT2D eigenvalue weighted by molar-refractivity contribution is 7.97. The Labute approximate surface area is 174 Å². The van der Waals surface area contributed by atoms with Crippen LogP contribution in [0.4, 0.5) is 0 Å². The lowest BCUT2D eigenvalue weighted by molar-refractivity contribution is 0.139. The van der Waals surface area contributed by atoms with Gasteiger partial charge in [-0.15, -0.1) is 10.2 Å². The molecular weight excluding hydrogens is 392 g/mol. The number of halogens is 1. The number of aromatic nitrogens is 4. The molecule has 4 rings (SSSR count). The van der Waals surface area contributed by atoms with Crippen LogP contribution in [0.1, 0.15) is 43.3 Å². The molecule has 0 radical (unpaired) electrons. The Morgan fingerprint density at radius 3 is 2.54 bits per heavy atom. The highest BCUT2D eigenvalue weighted by Crippen LogP contribution is 2.35. The van der Waals surface area contributed by atoms with Crippen LogP contribution in [-0.2, 0) is 5.75 Å². The molecule has 28 heavy (non-hydrogen) atoms. The first-order valence-electron chi connectivity index (χ1n) is 9.51. The molecule has 0 unspecified atom stereocenters. The molecule has 0 aliphatic heterocycles. The van der Waals surface area contributed by atoms with Crippen molar-refractivity contribution < 1.29 is 4.74 Å². The Balaban J connectivity index is 1.51. The zero-order valence-corrected chi connectivity index (χ0v) is 17.4. The van der Waals surface area contributed by atoms with E-state index in [1.54, 1.807) is 18.0 Å². The third-order valence-corrected chi connectivity index (χ3v) is 5.88. The van der Waals surface area contributed by atoms with Crippen LogP contribution in [0.3, 0.4) is 0 Å². The molecule has 5 nitrogen and oxygen atoms in total. The van der Waals surface area contributed by atoms with Crippen LogP contribution in [-0.4, -0.2) is 32.1 Å². The molecule has 0 spiro atoms. The van der Waals surface area contributed by atoms with Gasteiger partial charge in [-0.3, -0.25) is 4.57 Å². The molecule has 0 amide bonds. The summed E-state index contributed by atoms with van der Waals surface area (Å²) in [4.78, 5) is 4.27. The molecule has 0 saturated heterocycles. The van der Waals surface area contributed by atoms with Gasteiger partial charge in [0.05, 0.1) is 5.75 Å². The van der Waals surface area contributed by atoms with Crippen molar-refractivity contribution in [3.05, 3.63) is 65.3 Å². The SMILES string of the molecule is CSCc1nnc(C2CCC(Oc3ccccn3)CC2)n1-c1ccc(Cl)cc1. The van der Waals surface area contributed by atoms with Crippen molar-refractivity contribution in [1.29, 1.82) is 0 Å². The van der Waals surface area contributed by atoms with Crippen molar-refractivity contribution in [2.45, 2.75) is 43.5 Å². The van der Waals surface area contributed by atoms with Gasteiger partial charge in [0, 0.05) is 28.9 Å². The van der Waals surface area contributed by atoms with E-state index in [4.69, 9.17) is 16.3 Å². The van der Waals surface area contributed by atoms with Crippen LogP contribution in [0.5, 0.6) is 5.88 Å². The van der Waals surface area contributed by atoms with Crippen LogP contribution < -0.4 is 4.74 Å². The first-order chi connectivity index (χ1) is 13.7. The average molecular weight is 415 g/mol. The van der Waals surface area contributed by atoms with Crippen molar-refractivity contribution in [2.24, 2.45) is 0 Å². The van der Waals surface area contributed by atoms with E-state index in [0.717, 1.165) is 53.8 Å². The molecule has 1 aliphatic rings. The van der Waals surface area contributed by atoms with Gasteiger partial charge < -0.3 is 4.74 Å². The van der Waals surface area contributed by atoms with Crippen molar-refractivity contribution in [3.8, 4) is 11.6 Å². The third kappa shape index (κ3) is 4.33. The summed E-state index contributed by atoms with van der Waals surface area (Å²) in [5.41, 5.74) is 1.07. The Bertz CT molecular complexity index is 893. The summed E-state index contributed by atoms with van der Waals surface area (Å²) in [5.74, 6) is 3.94. The van der Waals surface area contributed by atoms with Gasteiger partial charge in [0.2, 0.25) is 5.88 Å². The van der Waals surface area contributed by atoms with Crippen molar-refractivity contribution in [3.63, 3.8) is 0 Å². The monoisotopic (exact) mass is 414 g/mol. The maximum absolute atomic E-state index is 6.08. The number of rotatable bonds is 6. The molecular formula is C21H23ClN4OS. The Morgan fingerprint density at radius 1 is 1.07 bits per heavy atom. The molecule has 1 aliphatic carbocycles. The van der Waals surface area contributed by atoms with Gasteiger partial charge in [-0.1, -0.05) is 17.7 Å². The lowest BCUT2D eigenvalue weighted by Crippen LogP contribution is -2.25. The molecule has 1 saturated carbocycles. The third-order valence-electron chi connectivity index (χ3n) is 5.08. The number of benzene rings is 1. The van der Waals surface area contributed by atoms with E-state index in [1.165, 1.54) is 0 Å². The van der Waals surface area contributed by atoms with E-state index in [0.29, 0.717) is 11.8 Å². The minimum Gasteiger partial charge on any atom is -0.474 e. The van der Waals surface area contributed by atoms with Gasteiger partial charge in [0.1, 0.15) is 17.8 Å². The lowest BCUT2D eigenvalue weighted by Gasteiger charge is -2.28. The number of nitrogens with zero attached hydrogens (tertiary/aromatic N) is 4. The van der Waals surface area contributed by atoms with Gasteiger partial charge in [0.15, 0.2) is 0 Å². The second-order valence-corrected chi connectivity index (χ2v) is 8.28. The average Bonchev–Trinajstić information content (AvgIpc) is 3.14. The quantitative estimate of drug-likeness (QED) is 0.549. The van der Waals surface area contributed by atoms with Crippen LogP contribution in [0.2, 0.25) is 5.02 Å². The van der Waals surface area contributed by atoms with E-state index in [9.17, 15) is 0 Å². The normalized spacial score (nSPS) is 19.5. The predicted molar refractivity (Wildman–Crippen MR) is 113 cm³/mol. The molecule has 1 aromatic carbocycles. The summed E-state index contributed by atoms with van der Waals surface area (Å²) in [7, 11) is 0. The fraction of sp³-hybridized carbons (Fsp3) is 0.381. The molecule has 7 heteroatoms. The van der Waals surface area contributed by atoms with Crippen LogP contribution in [0.25, 0.3) is 5.69 Å². The van der Waals surface area contributed by atoms with Crippen molar-refractivity contribution in [1.82, 2.24) is 19.7 Å². The zero-order chi connectivity index (χ0) is 19.3. The van der Waals surface area contributed by atoms with Crippen molar-refractivity contribution >= 4 is 23.4 Å². The summed E-state index contributed by atoms with van der Waals surface area (Å²) in [6.07, 6.45) is 8.11. The fourth-order valence-corrected chi connectivity index (χ4v) is 4.29. The fourth-order valence-electron chi connectivity index (χ4n) is 3.72. The minimum absolute atomic E-state index is 0.212. The van der Waals surface area contributed by atoms with E-state index in [1.807, 2.05) is 42.5 Å². The molecule has 3 aromatic rings. The first kappa shape index (κ1) is 19.3. The van der Waals surface area contributed by atoms with Crippen LogP contribution in [0.15, 0.2) is 48.7 Å². The number of ether oxygens (including phenoxy) is 1. The largest absolute Gasteiger partial charge is 0.474 e. The molecule has 0 bridgehead atoms. The molecule has 0 atom stereocenters. The summed E-state index contributed by atoms with van der Waals surface area (Å²) in [6.45, 7) is 0. The topological polar surface area (TPSA) is 52.8 Å². The molecule has 0 N–H and O–H groups in total. The zero-order valence-electron chi connectivity index (χ0n) is 15.8. The number of thioether (sulfide) groups is 1. The number of hydrogen-bond donors (Lipinski definition) is 0. The van der Waals surface area contributed by atoms with Gasteiger partial charge in [-0.05, 0) is 62.3 Å². The molecule has 2 aromatic heterocycles. The van der Waals surface area contributed by atoms with Crippen LogP contribution in [0, 0.1) is 0 Å². The molecule has 1 fully saturated rings. The summed E-state index contributed by atoms with van der Waals surface area (Å²) < 4.78 is 8.25. The second kappa shape index (κ2) is 8.97. The van der Waals surface area contributed by atoms with Crippen molar-refractivity contribution in [2.75, 3.05) is 6.26 Å².